The number of aromatic amines is 1. The quantitative estimate of drug-likeness (QED) is 0.659. The Kier molecular flexibility index (Phi) is 4.21. The standard InChI is InChI=1S/C19H22N4S/c1-23-8-6-13(7-9-23)16-12-21-17-11-14(4-5-15(16)17)22-19(20)18-3-2-10-24-18/h3-6,11-12,21H,2,7-10H2,1H3,(H2,20,22). The Morgan fingerprint density at radius 3 is 3.00 bits per heavy atom. The molecule has 1 aromatic heterocycles. The number of benzene rings is 1. The third-order valence-corrected chi connectivity index (χ3v) is 5.76. The van der Waals surface area contributed by atoms with Crippen molar-refractivity contribution in [2.75, 3.05) is 25.9 Å². The van der Waals surface area contributed by atoms with E-state index >= 15 is 0 Å². The molecule has 0 amide bonds. The third-order valence-electron chi connectivity index (χ3n) is 4.63. The van der Waals surface area contributed by atoms with Gasteiger partial charge in [-0.1, -0.05) is 18.2 Å². The summed E-state index contributed by atoms with van der Waals surface area (Å²) in [6.07, 6.45) is 8.80. The number of aliphatic imine (C=N–C) groups is 1. The van der Waals surface area contributed by atoms with Crippen LogP contribution < -0.4 is 5.73 Å². The topological polar surface area (TPSA) is 57.4 Å². The Labute approximate surface area is 146 Å². The molecule has 3 heterocycles. The number of thioether (sulfide) groups is 1. The average Bonchev–Trinajstić information content (AvgIpc) is 3.25. The summed E-state index contributed by atoms with van der Waals surface area (Å²) in [7, 11) is 2.16. The van der Waals surface area contributed by atoms with E-state index in [4.69, 9.17) is 5.73 Å². The number of hydrogen-bond acceptors (Lipinski definition) is 3. The number of rotatable bonds is 3. The van der Waals surface area contributed by atoms with Gasteiger partial charge in [0.25, 0.3) is 0 Å². The van der Waals surface area contributed by atoms with Crippen LogP contribution in [-0.4, -0.2) is 41.6 Å². The van der Waals surface area contributed by atoms with Crippen molar-refractivity contribution in [1.29, 1.82) is 0 Å². The highest BCUT2D eigenvalue weighted by molar-refractivity contribution is 8.04. The maximum atomic E-state index is 6.13. The van der Waals surface area contributed by atoms with Crippen molar-refractivity contribution in [3.63, 3.8) is 0 Å². The van der Waals surface area contributed by atoms with Gasteiger partial charge in [-0.05, 0) is 37.6 Å². The molecule has 0 fully saturated rings. The van der Waals surface area contributed by atoms with Crippen molar-refractivity contribution in [2.24, 2.45) is 10.7 Å². The van der Waals surface area contributed by atoms with Gasteiger partial charge in [0.15, 0.2) is 0 Å². The van der Waals surface area contributed by atoms with Crippen molar-refractivity contribution >= 4 is 39.8 Å². The van der Waals surface area contributed by atoms with Crippen LogP contribution in [0.15, 0.2) is 46.4 Å². The number of aromatic nitrogens is 1. The van der Waals surface area contributed by atoms with E-state index in [1.807, 2.05) is 0 Å². The summed E-state index contributed by atoms with van der Waals surface area (Å²) < 4.78 is 0. The smallest absolute Gasteiger partial charge is 0.137 e. The first-order valence-electron chi connectivity index (χ1n) is 8.37. The fraction of sp³-hybridized carbons (Fsp3) is 0.316. The number of hydrogen-bond donors (Lipinski definition) is 2. The van der Waals surface area contributed by atoms with Gasteiger partial charge in [-0.15, -0.1) is 11.8 Å². The fourth-order valence-corrected chi connectivity index (χ4v) is 4.14. The first-order valence-corrected chi connectivity index (χ1v) is 9.36. The predicted octanol–water partition coefficient (Wildman–Crippen LogP) is 3.90. The summed E-state index contributed by atoms with van der Waals surface area (Å²) in [5, 5.41) is 1.26. The zero-order valence-corrected chi connectivity index (χ0v) is 14.7. The van der Waals surface area contributed by atoms with Crippen LogP contribution in [-0.2, 0) is 0 Å². The molecule has 2 aliphatic heterocycles. The Balaban J connectivity index is 1.64. The lowest BCUT2D eigenvalue weighted by Gasteiger charge is -2.21. The Morgan fingerprint density at radius 2 is 2.25 bits per heavy atom. The Hall–Kier alpha value is -1.98. The van der Waals surface area contributed by atoms with Gasteiger partial charge in [0.05, 0.1) is 5.69 Å². The van der Waals surface area contributed by atoms with Crippen molar-refractivity contribution in [1.82, 2.24) is 9.88 Å². The van der Waals surface area contributed by atoms with Crippen LogP contribution in [0.2, 0.25) is 0 Å². The molecule has 0 radical (unpaired) electrons. The second-order valence-corrected chi connectivity index (χ2v) is 7.51. The molecule has 3 N–H and O–H groups in total. The van der Waals surface area contributed by atoms with Crippen LogP contribution in [0.4, 0.5) is 5.69 Å². The van der Waals surface area contributed by atoms with Crippen LogP contribution in [0.25, 0.3) is 16.5 Å². The zero-order valence-electron chi connectivity index (χ0n) is 13.9. The molecule has 0 aliphatic carbocycles. The summed E-state index contributed by atoms with van der Waals surface area (Å²) in [6.45, 7) is 2.14. The monoisotopic (exact) mass is 338 g/mol. The lowest BCUT2D eigenvalue weighted by Crippen LogP contribution is -2.23. The minimum Gasteiger partial charge on any atom is -0.383 e. The number of H-pyrrole nitrogens is 1. The SMILES string of the molecule is CN1CC=C(c2c[nH]c3cc(N=C(N)C4=CCCS4)ccc23)CC1. The maximum Gasteiger partial charge on any atom is 0.137 e. The van der Waals surface area contributed by atoms with Gasteiger partial charge >= 0.3 is 0 Å². The summed E-state index contributed by atoms with van der Waals surface area (Å²) in [5.74, 6) is 1.73. The molecule has 0 atom stereocenters. The predicted molar refractivity (Wildman–Crippen MR) is 105 cm³/mol. The molecule has 4 nitrogen and oxygen atoms in total. The number of allylic oxidation sites excluding steroid dienone is 1. The molecule has 4 rings (SSSR count). The summed E-state index contributed by atoms with van der Waals surface area (Å²) >= 11 is 1.78. The van der Waals surface area contributed by atoms with Gasteiger partial charge < -0.3 is 15.6 Å². The van der Waals surface area contributed by atoms with Crippen LogP contribution in [0.3, 0.4) is 0 Å². The fourth-order valence-electron chi connectivity index (χ4n) is 3.26. The van der Waals surface area contributed by atoms with Crippen molar-refractivity contribution < 1.29 is 0 Å². The van der Waals surface area contributed by atoms with Gasteiger partial charge in [0, 0.05) is 46.4 Å². The second-order valence-electron chi connectivity index (χ2n) is 6.38. The number of amidine groups is 1. The van der Waals surface area contributed by atoms with E-state index in [0.29, 0.717) is 5.84 Å². The summed E-state index contributed by atoms with van der Waals surface area (Å²) in [5.41, 5.74) is 10.9. The minimum atomic E-state index is 0.627. The van der Waals surface area contributed by atoms with Crippen LogP contribution in [0, 0.1) is 0 Å². The molecule has 5 heteroatoms. The second kappa shape index (κ2) is 6.49. The Bertz CT molecular complexity index is 859. The highest BCUT2D eigenvalue weighted by Crippen LogP contribution is 2.32. The first kappa shape index (κ1) is 15.5. The van der Waals surface area contributed by atoms with Gasteiger partial charge in [0.1, 0.15) is 5.84 Å². The maximum absolute atomic E-state index is 6.13. The van der Waals surface area contributed by atoms with Crippen molar-refractivity contribution in [2.45, 2.75) is 12.8 Å². The molecule has 0 spiro atoms. The van der Waals surface area contributed by atoms with E-state index in [0.717, 1.165) is 47.8 Å². The number of nitrogens with two attached hydrogens (primary N) is 1. The first-order chi connectivity index (χ1) is 11.7. The van der Waals surface area contributed by atoms with E-state index in [-0.39, 0.29) is 0 Å². The van der Waals surface area contributed by atoms with E-state index < -0.39 is 0 Å². The van der Waals surface area contributed by atoms with E-state index in [1.165, 1.54) is 16.5 Å². The summed E-state index contributed by atoms with van der Waals surface area (Å²) in [4.78, 5) is 11.4. The van der Waals surface area contributed by atoms with E-state index in [2.05, 4.69) is 58.5 Å². The molecule has 0 unspecified atom stereocenters. The minimum absolute atomic E-state index is 0.627. The van der Waals surface area contributed by atoms with Gasteiger partial charge in [-0.3, -0.25) is 0 Å². The summed E-state index contributed by atoms with van der Waals surface area (Å²) in [6, 6.07) is 6.30. The molecule has 24 heavy (non-hydrogen) atoms. The van der Waals surface area contributed by atoms with Crippen molar-refractivity contribution in [3.05, 3.63) is 47.0 Å². The lowest BCUT2D eigenvalue weighted by atomic mass is 9.99. The van der Waals surface area contributed by atoms with E-state index in [1.54, 1.807) is 11.8 Å². The molecule has 0 bridgehead atoms. The van der Waals surface area contributed by atoms with Crippen molar-refractivity contribution in [3.8, 4) is 0 Å². The highest BCUT2D eigenvalue weighted by Gasteiger charge is 2.14. The number of likely N-dealkylation sites (N-methyl/N-ethyl adjacent to an activating group) is 1. The molecular weight excluding hydrogens is 316 g/mol. The van der Waals surface area contributed by atoms with Crippen LogP contribution in [0.1, 0.15) is 18.4 Å². The Morgan fingerprint density at radius 1 is 1.33 bits per heavy atom. The number of fused-ring (bicyclic) bond motifs is 1. The molecule has 124 valence electrons. The third kappa shape index (κ3) is 3.01. The molecule has 0 saturated carbocycles. The van der Waals surface area contributed by atoms with E-state index in [9.17, 15) is 0 Å². The van der Waals surface area contributed by atoms with Crippen LogP contribution >= 0.6 is 11.8 Å². The molecule has 1 aromatic carbocycles. The molecule has 0 saturated heterocycles. The molecule has 2 aromatic rings. The van der Waals surface area contributed by atoms with Gasteiger partial charge in [-0.2, -0.15) is 0 Å². The highest BCUT2D eigenvalue weighted by atomic mass is 32.2. The van der Waals surface area contributed by atoms with Crippen LogP contribution in [0.5, 0.6) is 0 Å². The average molecular weight is 338 g/mol. The zero-order chi connectivity index (χ0) is 16.5. The normalized spacial score (nSPS) is 19.6. The molecular formula is C19H22N4S. The lowest BCUT2D eigenvalue weighted by molar-refractivity contribution is 0.370. The van der Waals surface area contributed by atoms with Gasteiger partial charge in [-0.25, -0.2) is 4.99 Å². The largest absolute Gasteiger partial charge is 0.383 e. The number of nitrogens with one attached hydrogen (secondary N) is 1. The van der Waals surface area contributed by atoms with Gasteiger partial charge in [0.2, 0.25) is 0 Å². The number of nitrogens with zero attached hydrogens (tertiary/aromatic N) is 2. The molecule has 2 aliphatic rings.